The number of rotatable bonds is 4. The Morgan fingerprint density at radius 2 is 1.80 bits per heavy atom. The van der Waals surface area contributed by atoms with Crippen LogP contribution in [0.5, 0.6) is 0 Å². The van der Waals surface area contributed by atoms with Gasteiger partial charge >= 0.3 is 0 Å². The van der Waals surface area contributed by atoms with Gasteiger partial charge < -0.3 is 0 Å². The van der Waals surface area contributed by atoms with Crippen LogP contribution in [0.1, 0.15) is 18.5 Å². The molecule has 0 radical (unpaired) electrons. The van der Waals surface area contributed by atoms with Gasteiger partial charge in [-0.25, -0.2) is 13.1 Å². The Bertz CT molecular complexity index is 706. The molecule has 0 aliphatic heterocycles. The smallest absolute Gasteiger partial charge is 0.242 e. The summed E-state index contributed by atoms with van der Waals surface area (Å²) in [5.74, 6) is 0. The number of benzene rings is 1. The first kappa shape index (κ1) is 15.6. The summed E-state index contributed by atoms with van der Waals surface area (Å²) in [7, 11) is -3.59. The number of nitrogens with one attached hydrogen (secondary N) is 1. The van der Waals surface area contributed by atoms with Gasteiger partial charge in [0.05, 0.1) is 4.90 Å². The second-order valence-electron chi connectivity index (χ2n) is 4.20. The summed E-state index contributed by atoms with van der Waals surface area (Å²) in [4.78, 5) is 4.13. The number of aromatic nitrogens is 1. The van der Waals surface area contributed by atoms with Crippen molar-refractivity contribution in [2.24, 2.45) is 0 Å². The van der Waals surface area contributed by atoms with Crippen LogP contribution in [0.4, 0.5) is 0 Å². The molecule has 0 aliphatic carbocycles. The van der Waals surface area contributed by atoms with E-state index in [0.717, 1.165) is 10.0 Å². The Kier molecular flexibility index (Phi) is 4.95. The lowest BCUT2D eigenvalue weighted by molar-refractivity contribution is 0.566. The van der Waals surface area contributed by atoms with Gasteiger partial charge in [-0.15, -0.1) is 0 Å². The highest BCUT2D eigenvalue weighted by Gasteiger charge is 2.20. The van der Waals surface area contributed by atoms with Crippen molar-refractivity contribution in [2.45, 2.75) is 17.9 Å². The average molecular weight is 420 g/mol. The standard InChI is InChI=1S/C13H12Br2N2O2S/c1-9(10-4-6-16-7-5-10)17-20(18,19)13-3-2-11(14)8-12(13)15/h2-9,17H,1H3. The first-order valence-corrected chi connectivity index (χ1v) is 8.84. The van der Waals surface area contributed by atoms with E-state index in [1.165, 1.54) is 0 Å². The van der Waals surface area contributed by atoms with E-state index in [4.69, 9.17) is 0 Å². The molecular weight excluding hydrogens is 408 g/mol. The van der Waals surface area contributed by atoms with Crippen LogP contribution in [0.25, 0.3) is 0 Å². The van der Waals surface area contributed by atoms with Gasteiger partial charge in [0.25, 0.3) is 0 Å². The molecule has 1 N–H and O–H groups in total. The van der Waals surface area contributed by atoms with Crippen molar-refractivity contribution in [1.29, 1.82) is 0 Å². The van der Waals surface area contributed by atoms with Gasteiger partial charge in [0.15, 0.2) is 0 Å². The maximum absolute atomic E-state index is 12.4. The van der Waals surface area contributed by atoms with Crippen LogP contribution in [0, 0.1) is 0 Å². The third kappa shape index (κ3) is 3.66. The van der Waals surface area contributed by atoms with E-state index in [1.807, 2.05) is 0 Å². The lowest BCUT2D eigenvalue weighted by atomic mass is 10.1. The second kappa shape index (κ2) is 6.34. The monoisotopic (exact) mass is 418 g/mol. The summed E-state index contributed by atoms with van der Waals surface area (Å²) >= 11 is 6.57. The summed E-state index contributed by atoms with van der Waals surface area (Å²) in [5.41, 5.74) is 0.858. The lowest BCUT2D eigenvalue weighted by Crippen LogP contribution is -2.27. The highest BCUT2D eigenvalue weighted by molar-refractivity contribution is 9.11. The van der Waals surface area contributed by atoms with Gasteiger partial charge in [0.1, 0.15) is 0 Å². The van der Waals surface area contributed by atoms with Crippen molar-refractivity contribution in [3.63, 3.8) is 0 Å². The molecular formula is C13H12Br2N2O2S. The number of sulfonamides is 1. The predicted octanol–water partition coefficient (Wildman–Crippen LogP) is 3.65. The minimum absolute atomic E-state index is 0.210. The fourth-order valence-electron chi connectivity index (χ4n) is 1.71. The molecule has 7 heteroatoms. The molecule has 0 amide bonds. The number of halogens is 2. The largest absolute Gasteiger partial charge is 0.265 e. The molecule has 1 heterocycles. The minimum atomic E-state index is -3.59. The van der Waals surface area contributed by atoms with Crippen molar-refractivity contribution in [2.75, 3.05) is 0 Å². The molecule has 20 heavy (non-hydrogen) atoms. The molecule has 0 spiro atoms. The molecule has 2 rings (SSSR count). The van der Waals surface area contributed by atoms with E-state index in [2.05, 4.69) is 41.6 Å². The maximum Gasteiger partial charge on any atom is 0.242 e. The fourth-order valence-corrected chi connectivity index (χ4v) is 4.69. The molecule has 0 saturated heterocycles. The van der Waals surface area contributed by atoms with Crippen molar-refractivity contribution in [3.8, 4) is 0 Å². The third-order valence-electron chi connectivity index (χ3n) is 2.72. The summed E-state index contributed by atoms with van der Waals surface area (Å²) < 4.78 is 28.7. The van der Waals surface area contributed by atoms with E-state index in [0.29, 0.717) is 4.47 Å². The van der Waals surface area contributed by atoms with E-state index in [1.54, 1.807) is 49.6 Å². The molecule has 0 fully saturated rings. The Labute approximate surface area is 134 Å². The first-order chi connectivity index (χ1) is 9.40. The van der Waals surface area contributed by atoms with Crippen molar-refractivity contribution >= 4 is 41.9 Å². The molecule has 106 valence electrons. The zero-order valence-corrected chi connectivity index (χ0v) is 14.5. The Morgan fingerprint density at radius 1 is 1.15 bits per heavy atom. The molecule has 4 nitrogen and oxygen atoms in total. The van der Waals surface area contributed by atoms with Gasteiger partial charge in [0, 0.05) is 27.4 Å². The van der Waals surface area contributed by atoms with Crippen LogP contribution in [0.3, 0.4) is 0 Å². The number of hydrogen-bond donors (Lipinski definition) is 1. The molecule has 1 unspecified atom stereocenters. The fraction of sp³-hybridized carbons (Fsp3) is 0.154. The van der Waals surface area contributed by atoms with Crippen LogP contribution in [0.15, 0.2) is 56.6 Å². The van der Waals surface area contributed by atoms with E-state index in [-0.39, 0.29) is 10.9 Å². The summed E-state index contributed by atoms with van der Waals surface area (Å²) in [6.45, 7) is 1.79. The van der Waals surface area contributed by atoms with Crippen molar-refractivity contribution in [1.82, 2.24) is 9.71 Å². The van der Waals surface area contributed by atoms with Crippen LogP contribution >= 0.6 is 31.9 Å². The molecule has 0 bridgehead atoms. The highest BCUT2D eigenvalue weighted by atomic mass is 79.9. The van der Waals surface area contributed by atoms with Crippen molar-refractivity contribution in [3.05, 3.63) is 57.2 Å². The predicted molar refractivity (Wildman–Crippen MR) is 84.8 cm³/mol. The molecule has 2 aromatic rings. The van der Waals surface area contributed by atoms with Gasteiger partial charge in [-0.3, -0.25) is 4.98 Å². The lowest BCUT2D eigenvalue weighted by Gasteiger charge is -2.15. The highest BCUT2D eigenvalue weighted by Crippen LogP contribution is 2.26. The molecule has 1 aromatic heterocycles. The number of hydrogen-bond acceptors (Lipinski definition) is 3. The second-order valence-corrected chi connectivity index (χ2v) is 7.65. The molecule has 1 aromatic carbocycles. The van der Waals surface area contributed by atoms with Crippen LogP contribution in [-0.2, 0) is 10.0 Å². The minimum Gasteiger partial charge on any atom is -0.265 e. The Morgan fingerprint density at radius 3 is 2.40 bits per heavy atom. The summed E-state index contributed by atoms with van der Waals surface area (Å²) in [6.07, 6.45) is 3.27. The van der Waals surface area contributed by atoms with Crippen LogP contribution in [-0.4, -0.2) is 13.4 Å². The van der Waals surface area contributed by atoms with Gasteiger partial charge in [-0.05, 0) is 58.7 Å². The van der Waals surface area contributed by atoms with E-state index >= 15 is 0 Å². The Balaban J connectivity index is 2.28. The van der Waals surface area contributed by atoms with Gasteiger partial charge in [-0.2, -0.15) is 0 Å². The Hall–Kier alpha value is -0.760. The van der Waals surface area contributed by atoms with Crippen LogP contribution < -0.4 is 4.72 Å². The molecule has 1 atom stereocenters. The normalized spacial score (nSPS) is 13.2. The quantitative estimate of drug-likeness (QED) is 0.822. The topological polar surface area (TPSA) is 59.1 Å². The molecule has 0 aliphatic rings. The average Bonchev–Trinajstić information content (AvgIpc) is 2.38. The number of pyridine rings is 1. The summed E-state index contributed by atoms with van der Waals surface area (Å²) in [6, 6.07) is 8.17. The van der Waals surface area contributed by atoms with E-state index < -0.39 is 10.0 Å². The first-order valence-electron chi connectivity index (χ1n) is 5.77. The van der Waals surface area contributed by atoms with Crippen LogP contribution in [0.2, 0.25) is 0 Å². The number of nitrogens with zero attached hydrogens (tertiary/aromatic N) is 1. The molecule has 0 saturated carbocycles. The van der Waals surface area contributed by atoms with Crippen molar-refractivity contribution < 1.29 is 8.42 Å². The zero-order valence-electron chi connectivity index (χ0n) is 10.5. The van der Waals surface area contributed by atoms with Gasteiger partial charge in [0.2, 0.25) is 10.0 Å². The maximum atomic E-state index is 12.4. The summed E-state index contributed by atoms with van der Waals surface area (Å²) in [5, 5.41) is 0. The van der Waals surface area contributed by atoms with Gasteiger partial charge in [-0.1, -0.05) is 15.9 Å². The SMILES string of the molecule is CC(NS(=O)(=O)c1ccc(Br)cc1Br)c1ccncc1. The zero-order chi connectivity index (χ0) is 14.8. The third-order valence-corrected chi connectivity index (χ3v) is 5.73. The van der Waals surface area contributed by atoms with E-state index in [9.17, 15) is 8.42 Å².